The molecule has 0 aliphatic rings. The number of rotatable bonds is 7. The predicted octanol–water partition coefficient (Wildman–Crippen LogP) is 4.12. The highest BCUT2D eigenvalue weighted by Crippen LogP contribution is 2.22. The number of carbonyl (C=O) groups is 2. The molecule has 2 aromatic carbocycles. The number of anilines is 1. The molecule has 7 heteroatoms. The molecule has 0 radical (unpaired) electrons. The van der Waals surface area contributed by atoms with Gasteiger partial charge in [-0.15, -0.1) is 0 Å². The first-order valence-corrected chi connectivity index (χ1v) is 8.35. The van der Waals surface area contributed by atoms with Crippen molar-refractivity contribution in [1.29, 1.82) is 0 Å². The molecule has 0 aliphatic heterocycles. The average molecular weight is 382 g/mol. The van der Waals surface area contributed by atoms with Crippen LogP contribution in [0.1, 0.15) is 12.5 Å². The van der Waals surface area contributed by atoms with Crippen molar-refractivity contribution < 1.29 is 19.1 Å². The molecular weight excluding hydrogens is 365 g/mol. The first-order valence-electron chi connectivity index (χ1n) is 7.60. The third-order valence-electron chi connectivity index (χ3n) is 3.15. The summed E-state index contributed by atoms with van der Waals surface area (Å²) in [5.74, 6) is -0.236. The van der Waals surface area contributed by atoms with E-state index < -0.39 is 11.9 Å². The lowest BCUT2D eigenvalue weighted by Crippen LogP contribution is -2.21. The van der Waals surface area contributed by atoms with Crippen LogP contribution >= 0.6 is 23.2 Å². The van der Waals surface area contributed by atoms with Gasteiger partial charge in [-0.25, -0.2) is 0 Å². The minimum atomic E-state index is -0.528. The molecule has 0 heterocycles. The Hall–Kier alpha value is -2.24. The quantitative estimate of drug-likeness (QED) is 0.732. The van der Waals surface area contributed by atoms with Crippen molar-refractivity contribution in [2.24, 2.45) is 0 Å². The highest BCUT2D eigenvalue weighted by molar-refractivity contribution is 6.42. The Bertz CT molecular complexity index is 747. The van der Waals surface area contributed by atoms with Crippen molar-refractivity contribution in [3.63, 3.8) is 0 Å². The molecule has 1 N–H and O–H groups in total. The second kappa shape index (κ2) is 9.30. The molecule has 5 nitrogen and oxygen atoms in total. The van der Waals surface area contributed by atoms with Crippen LogP contribution in [-0.2, 0) is 20.7 Å². The lowest BCUT2D eigenvalue weighted by molar-refractivity contribution is -0.146. The molecule has 0 aliphatic carbocycles. The number of amides is 1. The van der Waals surface area contributed by atoms with E-state index in [1.807, 2.05) is 6.92 Å². The summed E-state index contributed by atoms with van der Waals surface area (Å²) in [5, 5.41) is 3.41. The third-order valence-corrected chi connectivity index (χ3v) is 3.88. The maximum absolute atomic E-state index is 11.8. The molecule has 2 aromatic rings. The molecule has 0 fully saturated rings. The minimum absolute atomic E-state index is 0.00717. The smallest absolute Gasteiger partial charge is 0.310 e. The van der Waals surface area contributed by atoms with Crippen molar-refractivity contribution >= 4 is 40.8 Å². The lowest BCUT2D eigenvalue weighted by Gasteiger charge is -2.08. The fourth-order valence-corrected chi connectivity index (χ4v) is 2.33. The van der Waals surface area contributed by atoms with Crippen LogP contribution in [0.3, 0.4) is 0 Å². The van der Waals surface area contributed by atoms with Gasteiger partial charge in [-0.3, -0.25) is 9.59 Å². The van der Waals surface area contributed by atoms with Gasteiger partial charge in [0.1, 0.15) is 5.75 Å². The van der Waals surface area contributed by atoms with Crippen LogP contribution in [0.5, 0.6) is 5.75 Å². The van der Waals surface area contributed by atoms with Crippen LogP contribution in [0, 0.1) is 0 Å². The molecule has 0 aromatic heterocycles. The second-order valence-corrected chi connectivity index (χ2v) is 5.91. The third kappa shape index (κ3) is 6.29. The van der Waals surface area contributed by atoms with E-state index in [9.17, 15) is 9.59 Å². The number of nitrogens with one attached hydrogen (secondary N) is 1. The van der Waals surface area contributed by atoms with Crippen LogP contribution in [0.4, 0.5) is 5.69 Å². The fourth-order valence-electron chi connectivity index (χ4n) is 2.01. The van der Waals surface area contributed by atoms with Crippen LogP contribution in [0.25, 0.3) is 0 Å². The van der Waals surface area contributed by atoms with Gasteiger partial charge >= 0.3 is 5.97 Å². The normalized spacial score (nSPS) is 10.2. The lowest BCUT2D eigenvalue weighted by atomic mass is 10.1. The molecule has 0 saturated heterocycles. The largest absolute Gasteiger partial charge is 0.494 e. The zero-order valence-corrected chi connectivity index (χ0v) is 15.1. The number of carbonyl (C=O) groups excluding carboxylic acids is 2. The summed E-state index contributed by atoms with van der Waals surface area (Å²) in [4.78, 5) is 23.6. The van der Waals surface area contributed by atoms with Gasteiger partial charge < -0.3 is 14.8 Å². The van der Waals surface area contributed by atoms with Gasteiger partial charge in [0.15, 0.2) is 6.61 Å². The maximum atomic E-state index is 11.8. The Morgan fingerprint density at radius 3 is 2.40 bits per heavy atom. The van der Waals surface area contributed by atoms with Gasteiger partial charge in [-0.2, -0.15) is 0 Å². The number of ether oxygens (including phenoxy) is 2. The average Bonchev–Trinajstić information content (AvgIpc) is 2.58. The molecule has 0 saturated carbocycles. The molecule has 0 spiro atoms. The van der Waals surface area contributed by atoms with Gasteiger partial charge in [-0.05, 0) is 48.9 Å². The topological polar surface area (TPSA) is 64.6 Å². The molecule has 0 atom stereocenters. The van der Waals surface area contributed by atoms with Gasteiger partial charge in [0.25, 0.3) is 5.91 Å². The highest BCUT2D eigenvalue weighted by atomic mass is 35.5. The van der Waals surface area contributed by atoms with Crippen LogP contribution in [0.2, 0.25) is 10.0 Å². The van der Waals surface area contributed by atoms with Gasteiger partial charge in [-0.1, -0.05) is 29.3 Å². The van der Waals surface area contributed by atoms with Crippen molar-refractivity contribution in [3.05, 3.63) is 58.1 Å². The van der Waals surface area contributed by atoms with E-state index >= 15 is 0 Å². The van der Waals surface area contributed by atoms with Crippen molar-refractivity contribution in [2.75, 3.05) is 18.5 Å². The summed E-state index contributed by atoms with van der Waals surface area (Å²) in [6.45, 7) is 2.09. The molecule has 132 valence electrons. The summed E-state index contributed by atoms with van der Waals surface area (Å²) in [7, 11) is 0. The highest BCUT2D eigenvalue weighted by Gasteiger charge is 2.10. The van der Waals surface area contributed by atoms with Gasteiger partial charge in [0, 0.05) is 5.69 Å². The van der Waals surface area contributed by atoms with E-state index in [0.717, 1.165) is 0 Å². The predicted molar refractivity (Wildman–Crippen MR) is 97.4 cm³/mol. The molecule has 0 bridgehead atoms. The Kier molecular flexibility index (Phi) is 7.10. The van der Waals surface area contributed by atoms with Crippen molar-refractivity contribution in [2.45, 2.75) is 13.3 Å². The zero-order chi connectivity index (χ0) is 18.2. The van der Waals surface area contributed by atoms with E-state index in [1.54, 1.807) is 42.5 Å². The van der Waals surface area contributed by atoms with E-state index in [-0.39, 0.29) is 13.0 Å². The zero-order valence-electron chi connectivity index (χ0n) is 13.6. The van der Waals surface area contributed by atoms with Crippen LogP contribution in [-0.4, -0.2) is 25.1 Å². The van der Waals surface area contributed by atoms with Gasteiger partial charge in [0.2, 0.25) is 0 Å². The van der Waals surface area contributed by atoms with Gasteiger partial charge in [0.05, 0.1) is 23.1 Å². The van der Waals surface area contributed by atoms with Crippen LogP contribution < -0.4 is 10.1 Å². The van der Waals surface area contributed by atoms with Crippen molar-refractivity contribution in [3.8, 4) is 5.75 Å². The Labute approximate surface area is 155 Å². The standard InChI is InChI=1S/C18H17Cl2NO4/c1-2-24-14-6-4-13(5-7-14)21-17(22)11-25-18(23)10-12-3-8-15(19)16(20)9-12/h3-9H,2,10-11H2,1H3,(H,21,22). The Balaban J connectivity index is 1.78. The summed E-state index contributed by atoms with van der Waals surface area (Å²) in [5.41, 5.74) is 1.25. The van der Waals surface area contributed by atoms with E-state index in [0.29, 0.717) is 33.7 Å². The summed E-state index contributed by atoms with van der Waals surface area (Å²) >= 11 is 11.7. The second-order valence-electron chi connectivity index (χ2n) is 5.09. The molecule has 2 rings (SSSR count). The SMILES string of the molecule is CCOc1ccc(NC(=O)COC(=O)Cc2ccc(Cl)c(Cl)c2)cc1. The first kappa shape index (κ1) is 19.1. The fraction of sp³-hybridized carbons (Fsp3) is 0.222. The number of esters is 1. The molecule has 0 unspecified atom stereocenters. The maximum Gasteiger partial charge on any atom is 0.310 e. The molecular formula is C18H17Cl2NO4. The number of hydrogen-bond donors (Lipinski definition) is 1. The minimum Gasteiger partial charge on any atom is -0.494 e. The monoisotopic (exact) mass is 381 g/mol. The Morgan fingerprint density at radius 2 is 1.76 bits per heavy atom. The molecule has 25 heavy (non-hydrogen) atoms. The first-order chi connectivity index (χ1) is 12.0. The van der Waals surface area contributed by atoms with E-state index in [1.165, 1.54) is 0 Å². The summed E-state index contributed by atoms with van der Waals surface area (Å²) in [6.07, 6.45) is 0.00717. The number of benzene rings is 2. The summed E-state index contributed by atoms with van der Waals surface area (Å²) < 4.78 is 10.3. The van der Waals surface area contributed by atoms with E-state index in [2.05, 4.69) is 5.32 Å². The van der Waals surface area contributed by atoms with Crippen LogP contribution in [0.15, 0.2) is 42.5 Å². The van der Waals surface area contributed by atoms with E-state index in [4.69, 9.17) is 32.7 Å². The molecule has 1 amide bonds. The Morgan fingerprint density at radius 1 is 1.04 bits per heavy atom. The number of hydrogen-bond acceptors (Lipinski definition) is 4. The number of halogens is 2. The van der Waals surface area contributed by atoms with Crippen molar-refractivity contribution in [1.82, 2.24) is 0 Å². The summed E-state index contributed by atoms with van der Waals surface area (Å²) in [6, 6.07) is 11.8.